The molecule has 0 radical (unpaired) electrons. The minimum atomic E-state index is -0.179. The van der Waals surface area contributed by atoms with Crippen LogP contribution in [0, 0.1) is 6.92 Å². The van der Waals surface area contributed by atoms with Gasteiger partial charge >= 0.3 is 0 Å². The first-order valence-corrected chi connectivity index (χ1v) is 8.59. The zero-order chi connectivity index (χ0) is 18.2. The highest BCUT2D eigenvalue weighted by Crippen LogP contribution is 2.14. The molecule has 0 unspecified atom stereocenters. The van der Waals surface area contributed by atoms with Crippen molar-refractivity contribution < 1.29 is 9.53 Å². The van der Waals surface area contributed by atoms with Gasteiger partial charge in [0.05, 0.1) is 7.11 Å². The van der Waals surface area contributed by atoms with Crippen molar-refractivity contribution in [2.45, 2.75) is 27.2 Å². The number of ether oxygens (including phenoxy) is 1. The Hall–Kier alpha value is -2.63. The lowest BCUT2D eigenvalue weighted by molar-refractivity contribution is 0.0948. The number of amides is 1. The topological polar surface area (TPSA) is 67.4 Å². The summed E-state index contributed by atoms with van der Waals surface area (Å²) >= 11 is 0. The number of benzene rings is 1. The fraction of sp³-hybridized carbons (Fsp3) is 0.421. The molecule has 1 aromatic heterocycles. The molecule has 0 bridgehead atoms. The number of aryl methyl sites for hydroxylation is 1. The maximum Gasteiger partial charge on any atom is 0.270 e. The molecule has 6 nitrogen and oxygen atoms in total. The Morgan fingerprint density at radius 1 is 1.20 bits per heavy atom. The average Bonchev–Trinajstić information content (AvgIpc) is 2.62. The highest BCUT2D eigenvalue weighted by atomic mass is 16.5. The van der Waals surface area contributed by atoms with E-state index in [1.807, 2.05) is 24.3 Å². The van der Waals surface area contributed by atoms with E-state index in [2.05, 4.69) is 34.0 Å². The number of nitrogens with one attached hydrogen (secondary N) is 1. The first-order valence-electron chi connectivity index (χ1n) is 8.59. The second-order valence-corrected chi connectivity index (χ2v) is 5.69. The molecule has 0 atom stereocenters. The van der Waals surface area contributed by atoms with Crippen LogP contribution in [0.25, 0.3) is 0 Å². The van der Waals surface area contributed by atoms with Gasteiger partial charge in [-0.05, 0) is 44.9 Å². The molecule has 1 amide bonds. The molecule has 0 aliphatic carbocycles. The van der Waals surface area contributed by atoms with Gasteiger partial charge < -0.3 is 15.0 Å². The van der Waals surface area contributed by atoms with Crippen molar-refractivity contribution in [1.82, 2.24) is 15.3 Å². The van der Waals surface area contributed by atoms with Gasteiger partial charge in [0.1, 0.15) is 23.1 Å². The SMILES string of the molecule is CCN(CC)c1cc(C(=O)NCCc2cccc(OC)c2)nc(C)n1. The number of methoxy groups -OCH3 is 1. The van der Waals surface area contributed by atoms with Crippen LogP contribution in [0.3, 0.4) is 0 Å². The van der Waals surface area contributed by atoms with Gasteiger partial charge in [-0.15, -0.1) is 0 Å². The van der Waals surface area contributed by atoms with Crippen molar-refractivity contribution in [2.75, 3.05) is 31.6 Å². The van der Waals surface area contributed by atoms with E-state index in [1.54, 1.807) is 20.1 Å². The van der Waals surface area contributed by atoms with Gasteiger partial charge in [-0.3, -0.25) is 4.79 Å². The molecule has 0 fully saturated rings. The number of carbonyl (C=O) groups is 1. The summed E-state index contributed by atoms with van der Waals surface area (Å²) in [5.74, 6) is 2.03. The second kappa shape index (κ2) is 9.01. The predicted molar refractivity (Wildman–Crippen MR) is 99.4 cm³/mol. The Bertz CT molecular complexity index is 714. The van der Waals surface area contributed by atoms with E-state index >= 15 is 0 Å². The Morgan fingerprint density at radius 3 is 2.64 bits per heavy atom. The van der Waals surface area contributed by atoms with Gasteiger partial charge in [-0.2, -0.15) is 0 Å². The largest absolute Gasteiger partial charge is 0.497 e. The smallest absolute Gasteiger partial charge is 0.270 e. The maximum absolute atomic E-state index is 12.4. The van der Waals surface area contributed by atoms with E-state index in [9.17, 15) is 4.79 Å². The molecule has 0 aliphatic heterocycles. The van der Waals surface area contributed by atoms with Gasteiger partial charge in [0.2, 0.25) is 0 Å². The summed E-state index contributed by atoms with van der Waals surface area (Å²) in [4.78, 5) is 23.2. The van der Waals surface area contributed by atoms with Crippen LogP contribution in [-0.2, 0) is 6.42 Å². The van der Waals surface area contributed by atoms with Crippen LogP contribution >= 0.6 is 0 Å². The van der Waals surface area contributed by atoms with Gasteiger partial charge in [0, 0.05) is 25.7 Å². The molecule has 25 heavy (non-hydrogen) atoms. The van der Waals surface area contributed by atoms with E-state index in [0.29, 0.717) is 18.1 Å². The summed E-state index contributed by atoms with van der Waals surface area (Å²) in [6, 6.07) is 9.59. The molecule has 6 heteroatoms. The quantitative estimate of drug-likeness (QED) is 0.799. The summed E-state index contributed by atoms with van der Waals surface area (Å²) in [7, 11) is 1.64. The van der Waals surface area contributed by atoms with E-state index in [4.69, 9.17) is 4.74 Å². The highest BCUT2D eigenvalue weighted by molar-refractivity contribution is 5.92. The number of aromatic nitrogens is 2. The zero-order valence-electron chi connectivity index (χ0n) is 15.4. The van der Waals surface area contributed by atoms with Crippen LogP contribution in [0.15, 0.2) is 30.3 Å². The van der Waals surface area contributed by atoms with Crippen molar-refractivity contribution in [3.8, 4) is 5.75 Å². The third kappa shape index (κ3) is 5.17. The van der Waals surface area contributed by atoms with Gasteiger partial charge in [-0.25, -0.2) is 9.97 Å². The monoisotopic (exact) mass is 342 g/mol. The normalized spacial score (nSPS) is 10.4. The van der Waals surface area contributed by atoms with Crippen molar-refractivity contribution in [1.29, 1.82) is 0 Å². The molecule has 134 valence electrons. The Labute approximate surface area is 149 Å². The molecule has 0 aliphatic rings. The van der Waals surface area contributed by atoms with Crippen molar-refractivity contribution in [3.63, 3.8) is 0 Å². The minimum absolute atomic E-state index is 0.179. The third-order valence-corrected chi connectivity index (χ3v) is 3.98. The van der Waals surface area contributed by atoms with Crippen LogP contribution in [0.2, 0.25) is 0 Å². The first kappa shape index (κ1) is 18.7. The van der Waals surface area contributed by atoms with Crippen LogP contribution in [0.4, 0.5) is 5.82 Å². The van der Waals surface area contributed by atoms with E-state index in [0.717, 1.165) is 36.6 Å². The summed E-state index contributed by atoms with van der Waals surface area (Å²) in [6.45, 7) is 8.15. The summed E-state index contributed by atoms with van der Waals surface area (Å²) in [5, 5.41) is 2.93. The van der Waals surface area contributed by atoms with Gasteiger partial charge in [-0.1, -0.05) is 12.1 Å². The number of nitrogens with zero attached hydrogens (tertiary/aromatic N) is 3. The number of hydrogen-bond acceptors (Lipinski definition) is 5. The molecule has 1 heterocycles. The van der Waals surface area contributed by atoms with Crippen molar-refractivity contribution in [2.24, 2.45) is 0 Å². The third-order valence-electron chi connectivity index (χ3n) is 3.98. The number of hydrogen-bond donors (Lipinski definition) is 1. The molecule has 2 rings (SSSR count). The number of anilines is 1. The molecule has 0 saturated heterocycles. The van der Waals surface area contributed by atoms with Gasteiger partial charge in [0.15, 0.2) is 0 Å². The molecular formula is C19H26N4O2. The predicted octanol–water partition coefficient (Wildman–Crippen LogP) is 2.61. The Kier molecular flexibility index (Phi) is 6.74. The average molecular weight is 342 g/mol. The van der Waals surface area contributed by atoms with E-state index < -0.39 is 0 Å². The van der Waals surface area contributed by atoms with E-state index in [-0.39, 0.29) is 5.91 Å². The summed E-state index contributed by atoms with van der Waals surface area (Å²) in [6.07, 6.45) is 0.732. The Balaban J connectivity index is 2.00. The fourth-order valence-corrected chi connectivity index (χ4v) is 2.62. The minimum Gasteiger partial charge on any atom is -0.497 e. The van der Waals surface area contributed by atoms with E-state index in [1.165, 1.54) is 0 Å². The van der Waals surface area contributed by atoms with Crippen LogP contribution in [-0.4, -0.2) is 42.6 Å². The lowest BCUT2D eigenvalue weighted by atomic mass is 10.1. The lowest BCUT2D eigenvalue weighted by Gasteiger charge is -2.20. The fourth-order valence-electron chi connectivity index (χ4n) is 2.62. The molecule has 0 spiro atoms. The summed E-state index contributed by atoms with van der Waals surface area (Å²) < 4.78 is 5.21. The highest BCUT2D eigenvalue weighted by Gasteiger charge is 2.12. The standard InChI is InChI=1S/C19H26N4O2/c1-5-23(6-2)18-13-17(21-14(3)22-18)19(24)20-11-10-15-8-7-9-16(12-15)25-4/h7-9,12-13H,5-6,10-11H2,1-4H3,(H,20,24). The molecule has 0 saturated carbocycles. The van der Waals surface area contributed by atoms with Crippen LogP contribution in [0.5, 0.6) is 5.75 Å². The summed E-state index contributed by atoms with van der Waals surface area (Å²) in [5.41, 5.74) is 1.52. The Morgan fingerprint density at radius 2 is 1.96 bits per heavy atom. The second-order valence-electron chi connectivity index (χ2n) is 5.69. The maximum atomic E-state index is 12.4. The molecular weight excluding hydrogens is 316 g/mol. The van der Waals surface area contributed by atoms with Crippen molar-refractivity contribution in [3.05, 3.63) is 47.4 Å². The molecule has 2 aromatic rings. The van der Waals surface area contributed by atoms with Crippen molar-refractivity contribution >= 4 is 11.7 Å². The molecule has 1 N–H and O–H groups in total. The molecule has 1 aromatic carbocycles. The van der Waals surface area contributed by atoms with Crippen LogP contribution in [0.1, 0.15) is 35.7 Å². The van der Waals surface area contributed by atoms with Gasteiger partial charge in [0.25, 0.3) is 5.91 Å². The lowest BCUT2D eigenvalue weighted by Crippen LogP contribution is -2.28. The zero-order valence-corrected chi connectivity index (χ0v) is 15.4. The number of rotatable bonds is 8. The van der Waals surface area contributed by atoms with Crippen LogP contribution < -0.4 is 15.0 Å². The number of carbonyl (C=O) groups excluding carboxylic acids is 1. The first-order chi connectivity index (χ1) is 12.1.